The monoisotopic (exact) mass is 234 g/mol. The van der Waals surface area contributed by atoms with Crippen LogP contribution in [0.3, 0.4) is 0 Å². The van der Waals surface area contributed by atoms with Crippen molar-refractivity contribution in [1.82, 2.24) is 0 Å². The number of benzene rings is 1. The van der Waals surface area contributed by atoms with E-state index in [2.05, 4.69) is 16.9 Å². The van der Waals surface area contributed by atoms with E-state index in [9.17, 15) is 4.79 Å². The molecule has 92 valence electrons. The molecule has 1 aromatic rings. The topological polar surface area (TPSA) is 62.0 Å². The molecule has 2 amide bonds. The first-order valence-corrected chi connectivity index (χ1v) is 5.95. The Morgan fingerprint density at radius 3 is 2.12 bits per heavy atom. The molecule has 0 spiro atoms. The van der Waals surface area contributed by atoms with Crippen LogP contribution in [-0.4, -0.2) is 17.7 Å². The highest BCUT2D eigenvalue weighted by atomic mass is 16.2. The molecule has 4 nitrogen and oxygen atoms in total. The fourth-order valence-corrected chi connectivity index (χ4v) is 1.42. The molecule has 2 rings (SSSR count). The second kappa shape index (κ2) is 7.68. The minimum absolute atomic E-state index is 0.361. The highest BCUT2D eigenvalue weighted by Gasteiger charge is 2.01. The maximum atomic E-state index is 10.6. The quantitative estimate of drug-likeness (QED) is 0.805. The molecule has 1 N–H and O–H groups in total. The predicted molar refractivity (Wildman–Crippen MR) is 65.4 cm³/mol. The van der Waals surface area contributed by atoms with E-state index >= 15 is 0 Å². The Balaban J connectivity index is 0.000000185. The number of hydrogen-bond donors (Lipinski definition) is 1. The Hall–Kier alpha value is -1.55. The molecular weight excluding hydrogens is 216 g/mol. The molecule has 1 aliphatic heterocycles. The average molecular weight is 234 g/mol. The summed E-state index contributed by atoms with van der Waals surface area (Å²) in [5.41, 5.74) is 0. The predicted octanol–water partition coefficient (Wildman–Crippen LogP) is 1.62. The van der Waals surface area contributed by atoms with Gasteiger partial charge in [-0.25, -0.2) is 4.79 Å². The van der Waals surface area contributed by atoms with E-state index in [1.807, 2.05) is 12.1 Å². The Bertz CT molecular complexity index is 428. The van der Waals surface area contributed by atoms with Crippen molar-refractivity contribution in [2.45, 2.75) is 32.6 Å². The Morgan fingerprint density at radius 1 is 1.06 bits per heavy atom. The van der Waals surface area contributed by atoms with Gasteiger partial charge in [-0.05, 0) is 18.6 Å². The maximum absolute atomic E-state index is 10.6. The van der Waals surface area contributed by atoms with Crippen molar-refractivity contribution in [3.8, 4) is 0 Å². The van der Waals surface area contributed by atoms with E-state index in [4.69, 9.17) is 5.11 Å². The zero-order chi connectivity index (χ0) is 12.5. The first-order chi connectivity index (χ1) is 8.27. The molecule has 0 unspecified atom stereocenters. The molecule has 1 aromatic carbocycles. The lowest BCUT2D eigenvalue weighted by molar-refractivity contribution is 0.256. The van der Waals surface area contributed by atoms with Crippen LogP contribution < -0.4 is 10.7 Å². The average Bonchev–Trinajstić information content (AvgIpc) is 2.70. The summed E-state index contributed by atoms with van der Waals surface area (Å²) in [4.78, 5) is 17.9. The lowest BCUT2D eigenvalue weighted by Gasteiger charge is -1.90. The fourth-order valence-electron chi connectivity index (χ4n) is 1.42. The highest BCUT2D eigenvalue weighted by molar-refractivity contribution is 5.77. The number of carbonyl (C=O) groups excluding carboxylic acids is 1. The molecule has 4 heteroatoms. The van der Waals surface area contributed by atoms with E-state index < -0.39 is 6.03 Å². The fraction of sp³-hybridized carbons (Fsp3) is 0.462. The number of rotatable bonds is 4. The number of amides is 2. The van der Waals surface area contributed by atoms with Crippen LogP contribution in [0, 0.1) is 0 Å². The first kappa shape index (κ1) is 13.5. The zero-order valence-corrected chi connectivity index (χ0v) is 10.1. The summed E-state index contributed by atoms with van der Waals surface area (Å²) >= 11 is 0. The SMILES string of the molecule is CCCCCCO.O=C1N=c2ccccc2=N1. The van der Waals surface area contributed by atoms with E-state index in [1.54, 1.807) is 12.1 Å². The van der Waals surface area contributed by atoms with Crippen molar-refractivity contribution in [3.63, 3.8) is 0 Å². The lowest BCUT2D eigenvalue weighted by atomic mass is 10.2. The number of hydrogen-bond acceptors (Lipinski definition) is 2. The third-order valence-electron chi connectivity index (χ3n) is 2.33. The van der Waals surface area contributed by atoms with E-state index in [0.29, 0.717) is 17.3 Å². The molecule has 1 aliphatic rings. The van der Waals surface area contributed by atoms with E-state index in [0.717, 1.165) is 6.42 Å². The normalized spacial score (nSPS) is 12.0. The number of unbranched alkanes of at least 4 members (excludes halogenated alkanes) is 3. The van der Waals surface area contributed by atoms with Gasteiger partial charge in [0, 0.05) is 6.61 Å². The van der Waals surface area contributed by atoms with Gasteiger partial charge in [-0.1, -0.05) is 38.3 Å². The Kier molecular flexibility index (Phi) is 6.10. The molecule has 0 atom stereocenters. The van der Waals surface area contributed by atoms with Gasteiger partial charge in [-0.3, -0.25) is 0 Å². The van der Waals surface area contributed by atoms with Crippen molar-refractivity contribution < 1.29 is 9.90 Å². The van der Waals surface area contributed by atoms with Crippen LogP contribution in [0.15, 0.2) is 34.3 Å². The number of aliphatic hydroxyl groups excluding tert-OH is 1. The van der Waals surface area contributed by atoms with Gasteiger partial charge in [0.1, 0.15) is 0 Å². The summed E-state index contributed by atoms with van der Waals surface area (Å²) in [6, 6.07) is 6.79. The smallest absolute Gasteiger partial charge is 0.368 e. The van der Waals surface area contributed by atoms with E-state index in [1.165, 1.54) is 19.3 Å². The van der Waals surface area contributed by atoms with Gasteiger partial charge in [0.25, 0.3) is 0 Å². The highest BCUT2D eigenvalue weighted by Crippen LogP contribution is 1.96. The van der Waals surface area contributed by atoms with Crippen LogP contribution in [0.1, 0.15) is 32.6 Å². The number of fused-ring (bicyclic) bond motifs is 1. The second-order valence-corrected chi connectivity index (χ2v) is 3.78. The molecule has 0 bridgehead atoms. The van der Waals surface area contributed by atoms with Gasteiger partial charge in [0.15, 0.2) is 0 Å². The molecule has 0 radical (unpaired) electrons. The van der Waals surface area contributed by atoms with Crippen LogP contribution in [0.2, 0.25) is 0 Å². The van der Waals surface area contributed by atoms with Crippen LogP contribution >= 0.6 is 0 Å². The van der Waals surface area contributed by atoms with Gasteiger partial charge in [-0.15, -0.1) is 0 Å². The van der Waals surface area contributed by atoms with Crippen LogP contribution in [0.4, 0.5) is 4.79 Å². The molecule has 0 saturated carbocycles. The molecule has 0 saturated heterocycles. The number of carbonyl (C=O) groups is 1. The first-order valence-electron chi connectivity index (χ1n) is 5.95. The summed E-state index contributed by atoms with van der Waals surface area (Å²) in [5, 5.41) is 9.64. The summed E-state index contributed by atoms with van der Waals surface area (Å²) < 4.78 is 0. The van der Waals surface area contributed by atoms with Crippen molar-refractivity contribution in [2.75, 3.05) is 6.61 Å². The Morgan fingerprint density at radius 2 is 1.65 bits per heavy atom. The van der Waals surface area contributed by atoms with Gasteiger partial charge >= 0.3 is 6.03 Å². The molecule has 0 aromatic heterocycles. The third kappa shape index (κ3) is 4.87. The van der Waals surface area contributed by atoms with Crippen LogP contribution in [0.5, 0.6) is 0 Å². The van der Waals surface area contributed by atoms with Crippen LogP contribution in [0.25, 0.3) is 0 Å². The lowest BCUT2D eigenvalue weighted by Crippen LogP contribution is -2.19. The maximum Gasteiger partial charge on any atom is 0.368 e. The molecule has 0 fully saturated rings. The van der Waals surface area contributed by atoms with Gasteiger partial charge < -0.3 is 5.11 Å². The molecule has 1 heterocycles. The summed E-state index contributed by atoms with van der Waals surface area (Å²) in [6.07, 6.45) is 4.68. The number of aliphatic hydroxyl groups is 1. The van der Waals surface area contributed by atoms with Gasteiger partial charge in [-0.2, -0.15) is 9.98 Å². The third-order valence-corrected chi connectivity index (χ3v) is 2.33. The summed E-state index contributed by atoms with van der Waals surface area (Å²) in [7, 11) is 0. The van der Waals surface area contributed by atoms with Crippen molar-refractivity contribution in [3.05, 3.63) is 35.0 Å². The molecule has 17 heavy (non-hydrogen) atoms. The number of urea groups is 1. The van der Waals surface area contributed by atoms with Crippen molar-refractivity contribution >= 4 is 6.03 Å². The minimum atomic E-state index is -0.402. The summed E-state index contributed by atoms with van der Waals surface area (Å²) in [6.45, 7) is 2.53. The van der Waals surface area contributed by atoms with Gasteiger partial charge in [0.05, 0.1) is 10.7 Å². The zero-order valence-electron chi connectivity index (χ0n) is 10.1. The largest absolute Gasteiger partial charge is 0.396 e. The Labute approximate surface area is 101 Å². The minimum Gasteiger partial charge on any atom is -0.396 e. The standard InChI is InChI=1S/C7H4N2O.C6H14O/c10-7-8-5-3-1-2-4-6(5)9-7;1-2-3-4-5-6-7/h1-4H;7H,2-6H2,1H3. The second-order valence-electron chi connectivity index (χ2n) is 3.78. The summed E-state index contributed by atoms with van der Waals surface area (Å²) in [5.74, 6) is 0. The molecule has 0 aliphatic carbocycles. The van der Waals surface area contributed by atoms with Gasteiger partial charge in [0.2, 0.25) is 0 Å². The van der Waals surface area contributed by atoms with Crippen molar-refractivity contribution in [2.24, 2.45) is 9.98 Å². The van der Waals surface area contributed by atoms with E-state index in [-0.39, 0.29) is 0 Å². The van der Waals surface area contributed by atoms with Crippen molar-refractivity contribution in [1.29, 1.82) is 0 Å². The molecular formula is C13H18N2O2. The number of nitrogens with zero attached hydrogens (tertiary/aromatic N) is 2. The number of para-hydroxylation sites is 2. The van der Waals surface area contributed by atoms with Crippen LogP contribution in [-0.2, 0) is 0 Å².